The molecule has 0 bridgehead atoms. The summed E-state index contributed by atoms with van der Waals surface area (Å²) in [5.74, 6) is -0.357. The second kappa shape index (κ2) is 7.04. The smallest absolute Gasteiger partial charge is 0.243 e. The summed E-state index contributed by atoms with van der Waals surface area (Å²) in [6.45, 7) is 1.90. The minimum atomic E-state index is -0.226. The first kappa shape index (κ1) is 16.0. The summed E-state index contributed by atoms with van der Waals surface area (Å²) in [7, 11) is 0. The second-order valence-electron chi connectivity index (χ2n) is 5.50. The molecule has 5 nitrogen and oxygen atoms in total. The van der Waals surface area contributed by atoms with Crippen molar-refractivity contribution in [2.75, 3.05) is 11.9 Å². The fraction of sp³-hybridized carbons (Fsp3) is 0.467. The number of carbonyl (C=O) groups is 2. The maximum atomic E-state index is 11.9. The van der Waals surface area contributed by atoms with Gasteiger partial charge in [0.2, 0.25) is 11.8 Å². The van der Waals surface area contributed by atoms with Gasteiger partial charge in [0, 0.05) is 22.1 Å². The molecule has 1 aromatic carbocycles. The predicted octanol–water partition coefficient (Wildman–Crippen LogP) is 1.94. The Morgan fingerprint density at radius 3 is 2.76 bits per heavy atom. The van der Waals surface area contributed by atoms with Crippen LogP contribution in [0.15, 0.2) is 22.7 Å². The molecule has 6 heteroatoms. The molecule has 0 spiro atoms. The Balaban J connectivity index is 1.80. The number of hydrogen-bond donors (Lipinski definition) is 3. The van der Waals surface area contributed by atoms with Gasteiger partial charge in [-0.15, -0.1) is 0 Å². The first-order chi connectivity index (χ1) is 9.95. The molecule has 1 fully saturated rings. The molecule has 0 aliphatic heterocycles. The van der Waals surface area contributed by atoms with Gasteiger partial charge in [0.15, 0.2) is 0 Å². The Bertz CT molecular complexity index is 548. The van der Waals surface area contributed by atoms with Crippen molar-refractivity contribution in [3.8, 4) is 0 Å². The normalized spacial score (nSPS) is 21.1. The third-order valence-electron chi connectivity index (χ3n) is 3.73. The van der Waals surface area contributed by atoms with Gasteiger partial charge in [-0.3, -0.25) is 9.59 Å². The quantitative estimate of drug-likeness (QED) is 0.773. The van der Waals surface area contributed by atoms with Gasteiger partial charge in [-0.2, -0.15) is 0 Å². The van der Waals surface area contributed by atoms with E-state index < -0.39 is 0 Å². The van der Waals surface area contributed by atoms with Crippen molar-refractivity contribution in [3.05, 3.63) is 28.2 Å². The van der Waals surface area contributed by atoms with Crippen molar-refractivity contribution in [3.63, 3.8) is 0 Å². The molecular formula is C15H20BrN3O2. The highest BCUT2D eigenvalue weighted by Crippen LogP contribution is 2.24. The van der Waals surface area contributed by atoms with Gasteiger partial charge < -0.3 is 16.4 Å². The van der Waals surface area contributed by atoms with Crippen molar-refractivity contribution in [1.29, 1.82) is 0 Å². The lowest BCUT2D eigenvalue weighted by Crippen LogP contribution is -2.36. The highest BCUT2D eigenvalue weighted by atomic mass is 79.9. The summed E-state index contributed by atoms with van der Waals surface area (Å²) in [6.07, 6.45) is 2.39. The number of halogens is 1. The van der Waals surface area contributed by atoms with Gasteiger partial charge in [0.25, 0.3) is 0 Å². The Labute approximate surface area is 132 Å². The van der Waals surface area contributed by atoms with Crippen LogP contribution in [0.25, 0.3) is 0 Å². The van der Waals surface area contributed by atoms with Crippen LogP contribution in [0.1, 0.15) is 24.8 Å². The summed E-state index contributed by atoms with van der Waals surface area (Å²) in [6, 6.07) is 5.73. The predicted molar refractivity (Wildman–Crippen MR) is 85.8 cm³/mol. The molecule has 1 aliphatic carbocycles. The molecule has 2 unspecified atom stereocenters. The number of anilines is 1. The molecule has 4 N–H and O–H groups in total. The number of amides is 2. The largest absolute Gasteiger partial charge is 0.347 e. The van der Waals surface area contributed by atoms with Crippen molar-refractivity contribution in [2.24, 2.45) is 11.7 Å². The Morgan fingerprint density at radius 2 is 2.14 bits per heavy atom. The Morgan fingerprint density at radius 1 is 1.38 bits per heavy atom. The van der Waals surface area contributed by atoms with E-state index in [0.29, 0.717) is 6.42 Å². The maximum Gasteiger partial charge on any atom is 0.243 e. The van der Waals surface area contributed by atoms with E-state index in [2.05, 4.69) is 26.6 Å². The number of nitrogens with one attached hydrogen (secondary N) is 2. The summed E-state index contributed by atoms with van der Waals surface area (Å²) in [5.41, 5.74) is 7.50. The molecule has 2 amide bonds. The van der Waals surface area contributed by atoms with Crippen LogP contribution in [0.5, 0.6) is 0 Å². The summed E-state index contributed by atoms with van der Waals surface area (Å²) in [5, 5.41) is 5.47. The molecule has 0 radical (unpaired) electrons. The van der Waals surface area contributed by atoms with Gasteiger partial charge in [-0.25, -0.2) is 0 Å². The summed E-state index contributed by atoms with van der Waals surface area (Å²) < 4.78 is 0.962. The molecule has 21 heavy (non-hydrogen) atoms. The van der Waals surface area contributed by atoms with Crippen molar-refractivity contribution >= 4 is 33.4 Å². The average Bonchev–Trinajstić information content (AvgIpc) is 2.86. The van der Waals surface area contributed by atoms with E-state index in [-0.39, 0.29) is 30.3 Å². The Kier molecular flexibility index (Phi) is 5.36. The van der Waals surface area contributed by atoms with E-state index in [1.807, 2.05) is 25.1 Å². The van der Waals surface area contributed by atoms with Gasteiger partial charge in [-0.1, -0.05) is 15.9 Å². The second-order valence-corrected chi connectivity index (χ2v) is 6.41. The van der Waals surface area contributed by atoms with Crippen LogP contribution in [0.4, 0.5) is 5.69 Å². The van der Waals surface area contributed by atoms with E-state index in [1.54, 1.807) is 0 Å². The molecule has 114 valence electrons. The topological polar surface area (TPSA) is 84.2 Å². The highest BCUT2D eigenvalue weighted by molar-refractivity contribution is 9.10. The third kappa shape index (κ3) is 4.54. The number of carbonyl (C=O) groups excluding carboxylic acids is 2. The summed E-state index contributed by atoms with van der Waals surface area (Å²) >= 11 is 3.37. The molecule has 0 aromatic heterocycles. The first-order valence-electron chi connectivity index (χ1n) is 7.05. The molecule has 2 atom stereocenters. The van der Waals surface area contributed by atoms with Crippen LogP contribution >= 0.6 is 15.9 Å². The molecule has 1 aliphatic rings. The fourth-order valence-electron chi connectivity index (χ4n) is 2.53. The minimum absolute atomic E-state index is 0.0138. The molecule has 0 saturated heterocycles. The summed E-state index contributed by atoms with van der Waals surface area (Å²) in [4.78, 5) is 23.8. The van der Waals surface area contributed by atoms with Crippen LogP contribution in [0.2, 0.25) is 0 Å². The number of benzene rings is 1. The monoisotopic (exact) mass is 353 g/mol. The number of nitrogens with two attached hydrogens (primary N) is 1. The van der Waals surface area contributed by atoms with Crippen molar-refractivity contribution < 1.29 is 9.59 Å². The van der Waals surface area contributed by atoms with Gasteiger partial charge >= 0.3 is 0 Å². The van der Waals surface area contributed by atoms with Crippen LogP contribution < -0.4 is 16.4 Å². The van der Waals surface area contributed by atoms with E-state index in [0.717, 1.165) is 28.6 Å². The van der Waals surface area contributed by atoms with Crippen LogP contribution in [0, 0.1) is 12.8 Å². The molecular weight excluding hydrogens is 334 g/mol. The Hall–Kier alpha value is -1.40. The average molecular weight is 354 g/mol. The van der Waals surface area contributed by atoms with Crippen LogP contribution in [0.3, 0.4) is 0 Å². The maximum absolute atomic E-state index is 11.9. The first-order valence-corrected chi connectivity index (χ1v) is 7.84. The van der Waals surface area contributed by atoms with Crippen molar-refractivity contribution in [1.82, 2.24) is 5.32 Å². The molecule has 2 rings (SSSR count). The zero-order chi connectivity index (χ0) is 15.4. The number of aryl methyl sites for hydroxylation is 1. The lowest BCUT2D eigenvalue weighted by atomic mass is 10.1. The number of hydrogen-bond acceptors (Lipinski definition) is 3. The minimum Gasteiger partial charge on any atom is -0.347 e. The van der Waals surface area contributed by atoms with E-state index in [1.165, 1.54) is 0 Å². The van der Waals surface area contributed by atoms with Gasteiger partial charge in [0.05, 0.1) is 6.54 Å². The zero-order valence-electron chi connectivity index (χ0n) is 12.0. The van der Waals surface area contributed by atoms with Crippen LogP contribution in [-0.4, -0.2) is 24.4 Å². The SMILES string of the molecule is Cc1cc(Br)ccc1NC(=O)CNC(=O)C1CCC(N)C1. The van der Waals surface area contributed by atoms with Crippen molar-refractivity contribution in [2.45, 2.75) is 32.2 Å². The molecule has 0 heterocycles. The van der Waals surface area contributed by atoms with E-state index in [4.69, 9.17) is 5.73 Å². The van der Waals surface area contributed by atoms with Gasteiger partial charge in [0.1, 0.15) is 0 Å². The lowest BCUT2D eigenvalue weighted by molar-refractivity contribution is -0.127. The van der Waals surface area contributed by atoms with Gasteiger partial charge in [-0.05, 0) is 49.9 Å². The van der Waals surface area contributed by atoms with E-state index >= 15 is 0 Å². The third-order valence-corrected chi connectivity index (χ3v) is 4.22. The van der Waals surface area contributed by atoms with Crippen LogP contribution in [-0.2, 0) is 9.59 Å². The molecule has 1 aromatic rings. The zero-order valence-corrected chi connectivity index (χ0v) is 13.6. The lowest BCUT2D eigenvalue weighted by Gasteiger charge is -2.12. The fourth-order valence-corrected chi connectivity index (χ4v) is 3.00. The number of rotatable bonds is 4. The molecule has 1 saturated carbocycles. The standard InChI is InChI=1S/C15H20BrN3O2/c1-9-6-11(16)3-5-13(9)19-14(20)8-18-15(21)10-2-4-12(17)7-10/h3,5-6,10,12H,2,4,7-8,17H2,1H3,(H,18,21)(H,19,20). The van der Waals surface area contributed by atoms with E-state index in [9.17, 15) is 9.59 Å². The highest BCUT2D eigenvalue weighted by Gasteiger charge is 2.27.